The van der Waals surface area contributed by atoms with Crippen LogP contribution in [0.2, 0.25) is 0 Å². The van der Waals surface area contributed by atoms with Gasteiger partial charge in [0, 0.05) is 12.5 Å². The van der Waals surface area contributed by atoms with Gasteiger partial charge < -0.3 is 10.3 Å². The summed E-state index contributed by atoms with van der Waals surface area (Å²) in [6.45, 7) is 0.395. The molecule has 0 spiro atoms. The van der Waals surface area contributed by atoms with Crippen LogP contribution in [0.4, 0.5) is 4.39 Å². The number of nitrogens with two attached hydrogens (primary N) is 1. The molecular weight excluding hydrogens is 231 g/mol. The molecule has 0 saturated heterocycles. The SMILES string of the molecule is NCc1nnc(Cc2cccc(F)c2)n1C1CC1. The summed E-state index contributed by atoms with van der Waals surface area (Å²) in [4.78, 5) is 0. The molecule has 1 fully saturated rings. The Morgan fingerprint density at radius 1 is 1.28 bits per heavy atom. The molecule has 3 rings (SSSR count). The normalized spacial score (nSPS) is 15.0. The van der Waals surface area contributed by atoms with E-state index in [1.807, 2.05) is 6.07 Å². The Morgan fingerprint density at radius 2 is 2.06 bits per heavy atom. The maximum Gasteiger partial charge on any atom is 0.147 e. The third-order valence-corrected chi connectivity index (χ3v) is 3.18. The minimum atomic E-state index is -0.218. The van der Waals surface area contributed by atoms with Crippen LogP contribution in [0, 0.1) is 5.82 Å². The lowest BCUT2D eigenvalue weighted by atomic mass is 10.1. The van der Waals surface area contributed by atoms with Crippen LogP contribution in [0.15, 0.2) is 24.3 Å². The molecule has 0 amide bonds. The second kappa shape index (κ2) is 4.49. The zero-order chi connectivity index (χ0) is 12.5. The molecule has 5 heteroatoms. The van der Waals surface area contributed by atoms with E-state index in [-0.39, 0.29) is 5.82 Å². The minimum absolute atomic E-state index is 0.218. The highest BCUT2D eigenvalue weighted by atomic mass is 19.1. The Hall–Kier alpha value is -1.75. The summed E-state index contributed by atoms with van der Waals surface area (Å²) in [5.74, 6) is 1.48. The Morgan fingerprint density at radius 3 is 2.72 bits per heavy atom. The molecule has 1 aromatic heterocycles. The van der Waals surface area contributed by atoms with E-state index in [4.69, 9.17) is 5.73 Å². The van der Waals surface area contributed by atoms with Gasteiger partial charge in [-0.15, -0.1) is 10.2 Å². The second-order valence-electron chi connectivity index (χ2n) is 4.64. The summed E-state index contributed by atoms with van der Waals surface area (Å²) in [6, 6.07) is 7.08. The largest absolute Gasteiger partial charge is 0.324 e. The van der Waals surface area contributed by atoms with Crippen LogP contribution in [0.3, 0.4) is 0 Å². The van der Waals surface area contributed by atoms with Gasteiger partial charge in [-0.1, -0.05) is 12.1 Å². The lowest BCUT2D eigenvalue weighted by Gasteiger charge is -2.07. The van der Waals surface area contributed by atoms with Gasteiger partial charge in [-0.3, -0.25) is 0 Å². The van der Waals surface area contributed by atoms with Crippen LogP contribution >= 0.6 is 0 Å². The Labute approximate surface area is 105 Å². The molecule has 4 nitrogen and oxygen atoms in total. The maximum absolute atomic E-state index is 13.1. The molecule has 0 aliphatic heterocycles. The Bertz CT molecular complexity index is 560. The predicted octanol–water partition coefficient (Wildman–Crippen LogP) is 1.80. The van der Waals surface area contributed by atoms with Crippen molar-refractivity contribution in [3.63, 3.8) is 0 Å². The number of hydrogen-bond acceptors (Lipinski definition) is 3. The molecule has 1 aliphatic carbocycles. The zero-order valence-electron chi connectivity index (χ0n) is 10.0. The van der Waals surface area contributed by atoms with Gasteiger partial charge in [-0.05, 0) is 30.5 Å². The van der Waals surface area contributed by atoms with E-state index in [0.717, 1.165) is 30.1 Å². The van der Waals surface area contributed by atoms with E-state index in [0.29, 0.717) is 19.0 Å². The first-order chi connectivity index (χ1) is 8.78. The molecule has 2 aromatic rings. The lowest BCUT2D eigenvalue weighted by Crippen LogP contribution is -2.10. The first-order valence-electron chi connectivity index (χ1n) is 6.15. The van der Waals surface area contributed by atoms with Crippen LogP contribution in [-0.4, -0.2) is 14.8 Å². The van der Waals surface area contributed by atoms with E-state index >= 15 is 0 Å². The van der Waals surface area contributed by atoms with E-state index in [2.05, 4.69) is 14.8 Å². The van der Waals surface area contributed by atoms with Crippen molar-refractivity contribution in [2.45, 2.75) is 31.8 Å². The molecule has 2 N–H and O–H groups in total. The Balaban J connectivity index is 1.90. The van der Waals surface area contributed by atoms with Crippen molar-refractivity contribution < 1.29 is 4.39 Å². The summed E-state index contributed by atoms with van der Waals surface area (Å²) in [5, 5.41) is 8.29. The highest BCUT2D eigenvalue weighted by Gasteiger charge is 2.28. The molecule has 1 aromatic carbocycles. The molecule has 1 saturated carbocycles. The standard InChI is InChI=1S/C13H15FN4/c14-10-3-1-2-9(6-10)7-12-16-17-13(8-15)18(12)11-4-5-11/h1-3,6,11H,4-5,7-8,15H2. The Kier molecular flexibility index (Phi) is 2.83. The molecule has 1 aliphatic rings. The van der Waals surface area contributed by atoms with Crippen LogP contribution < -0.4 is 5.73 Å². The first-order valence-corrected chi connectivity index (χ1v) is 6.15. The van der Waals surface area contributed by atoms with Crippen LogP contribution in [0.25, 0.3) is 0 Å². The number of benzene rings is 1. The fraction of sp³-hybridized carbons (Fsp3) is 0.385. The lowest BCUT2D eigenvalue weighted by molar-refractivity contribution is 0.623. The first kappa shape index (κ1) is 11.3. The highest BCUT2D eigenvalue weighted by molar-refractivity contribution is 5.21. The molecule has 0 unspecified atom stereocenters. The van der Waals surface area contributed by atoms with Gasteiger partial charge in [0.1, 0.15) is 17.5 Å². The van der Waals surface area contributed by atoms with Crippen molar-refractivity contribution in [2.24, 2.45) is 5.73 Å². The van der Waals surface area contributed by atoms with Gasteiger partial charge in [0.25, 0.3) is 0 Å². The average molecular weight is 246 g/mol. The fourth-order valence-electron chi connectivity index (χ4n) is 2.20. The summed E-state index contributed by atoms with van der Waals surface area (Å²) < 4.78 is 15.3. The zero-order valence-corrected chi connectivity index (χ0v) is 10.0. The van der Waals surface area contributed by atoms with Crippen molar-refractivity contribution >= 4 is 0 Å². The van der Waals surface area contributed by atoms with Crippen molar-refractivity contribution in [1.29, 1.82) is 0 Å². The average Bonchev–Trinajstić information content (AvgIpc) is 3.11. The van der Waals surface area contributed by atoms with Crippen LogP contribution in [-0.2, 0) is 13.0 Å². The molecule has 94 valence electrons. The predicted molar refractivity (Wildman–Crippen MR) is 65.4 cm³/mol. The monoisotopic (exact) mass is 246 g/mol. The summed E-state index contributed by atoms with van der Waals surface area (Å²) in [7, 11) is 0. The smallest absolute Gasteiger partial charge is 0.147 e. The molecule has 0 bridgehead atoms. The van der Waals surface area contributed by atoms with Crippen molar-refractivity contribution in [3.05, 3.63) is 47.3 Å². The van der Waals surface area contributed by atoms with Gasteiger partial charge in [0.15, 0.2) is 0 Å². The van der Waals surface area contributed by atoms with E-state index < -0.39 is 0 Å². The van der Waals surface area contributed by atoms with Crippen molar-refractivity contribution in [3.8, 4) is 0 Å². The number of hydrogen-bond donors (Lipinski definition) is 1. The molecule has 0 radical (unpaired) electrons. The molecule has 18 heavy (non-hydrogen) atoms. The van der Waals surface area contributed by atoms with Gasteiger partial charge in [0.2, 0.25) is 0 Å². The van der Waals surface area contributed by atoms with Crippen molar-refractivity contribution in [1.82, 2.24) is 14.8 Å². The number of rotatable bonds is 4. The van der Waals surface area contributed by atoms with Crippen molar-refractivity contribution in [2.75, 3.05) is 0 Å². The van der Waals surface area contributed by atoms with Gasteiger partial charge in [0.05, 0.1) is 6.54 Å². The second-order valence-corrected chi connectivity index (χ2v) is 4.64. The van der Waals surface area contributed by atoms with Crippen LogP contribution in [0.1, 0.15) is 36.1 Å². The highest BCUT2D eigenvalue weighted by Crippen LogP contribution is 2.36. The van der Waals surface area contributed by atoms with Gasteiger partial charge >= 0.3 is 0 Å². The fourth-order valence-corrected chi connectivity index (χ4v) is 2.20. The third-order valence-electron chi connectivity index (χ3n) is 3.18. The quantitative estimate of drug-likeness (QED) is 0.895. The van der Waals surface area contributed by atoms with Gasteiger partial charge in [-0.25, -0.2) is 4.39 Å². The molecule has 1 heterocycles. The van der Waals surface area contributed by atoms with E-state index in [1.54, 1.807) is 6.07 Å². The molecular formula is C13H15FN4. The van der Waals surface area contributed by atoms with E-state index in [1.165, 1.54) is 12.1 Å². The third kappa shape index (κ3) is 2.13. The number of aromatic nitrogens is 3. The maximum atomic E-state index is 13.1. The minimum Gasteiger partial charge on any atom is -0.324 e. The summed E-state index contributed by atoms with van der Waals surface area (Å²) in [6.07, 6.45) is 2.91. The topological polar surface area (TPSA) is 56.7 Å². The van der Waals surface area contributed by atoms with Crippen LogP contribution in [0.5, 0.6) is 0 Å². The summed E-state index contributed by atoms with van der Waals surface area (Å²) >= 11 is 0. The number of halogens is 1. The summed E-state index contributed by atoms with van der Waals surface area (Å²) in [5.41, 5.74) is 6.57. The number of nitrogens with zero attached hydrogens (tertiary/aromatic N) is 3. The van der Waals surface area contributed by atoms with E-state index in [9.17, 15) is 4.39 Å². The van der Waals surface area contributed by atoms with Gasteiger partial charge in [-0.2, -0.15) is 0 Å². The molecule has 0 atom stereocenters.